The molecule has 28 heavy (non-hydrogen) atoms. The van der Waals surface area contributed by atoms with Crippen molar-refractivity contribution in [2.45, 2.75) is 71.4 Å². The fourth-order valence-corrected chi connectivity index (χ4v) is 4.46. The Balaban J connectivity index is 1.74. The molecule has 2 fully saturated rings. The Hall–Kier alpha value is -2.23. The van der Waals surface area contributed by atoms with Crippen LogP contribution in [0.1, 0.15) is 66.6 Å². The number of aromatic nitrogens is 1. The summed E-state index contributed by atoms with van der Waals surface area (Å²) in [4.78, 5) is 12.9. The summed E-state index contributed by atoms with van der Waals surface area (Å²) >= 11 is 0. The van der Waals surface area contributed by atoms with Crippen LogP contribution in [0.2, 0.25) is 0 Å². The molecular weight excluding hydrogens is 348 g/mol. The van der Waals surface area contributed by atoms with Crippen molar-refractivity contribution in [3.05, 3.63) is 41.1 Å². The van der Waals surface area contributed by atoms with Crippen LogP contribution in [0.4, 0.5) is 0 Å². The minimum absolute atomic E-state index is 0.0733. The number of nitrogens with one attached hydrogen (secondary N) is 1. The molecule has 4 heteroatoms. The smallest absolute Gasteiger partial charge is 0.253 e. The van der Waals surface area contributed by atoms with E-state index in [-0.39, 0.29) is 5.91 Å². The second kappa shape index (κ2) is 8.02. The number of hydrogen-bond donors (Lipinski definition) is 1. The van der Waals surface area contributed by atoms with E-state index >= 15 is 0 Å². The summed E-state index contributed by atoms with van der Waals surface area (Å²) < 4.78 is 7.87. The maximum Gasteiger partial charge on any atom is 0.253 e. The Labute approximate surface area is 168 Å². The van der Waals surface area contributed by atoms with Gasteiger partial charge in [-0.2, -0.15) is 0 Å². The number of carbonyl (C=O) groups excluding carboxylic acids is 1. The molecule has 1 amide bonds. The molecule has 150 valence electrons. The van der Waals surface area contributed by atoms with Gasteiger partial charge >= 0.3 is 0 Å². The lowest BCUT2D eigenvalue weighted by atomic mass is 9.89. The van der Waals surface area contributed by atoms with Gasteiger partial charge in [0.1, 0.15) is 5.75 Å². The lowest BCUT2D eigenvalue weighted by Crippen LogP contribution is -2.26. The molecule has 0 spiro atoms. The summed E-state index contributed by atoms with van der Waals surface area (Å²) in [7, 11) is 1.70. The molecule has 0 unspecified atom stereocenters. The van der Waals surface area contributed by atoms with E-state index in [1.807, 2.05) is 6.07 Å². The highest BCUT2D eigenvalue weighted by atomic mass is 16.5. The number of nitrogens with zero attached hydrogens (tertiary/aromatic N) is 1. The number of aryl methyl sites for hydroxylation is 1. The van der Waals surface area contributed by atoms with Crippen molar-refractivity contribution < 1.29 is 9.53 Å². The Morgan fingerprint density at radius 1 is 1.11 bits per heavy atom. The van der Waals surface area contributed by atoms with Crippen LogP contribution in [0.3, 0.4) is 0 Å². The molecular formula is C24H32N2O2. The molecule has 4 rings (SSSR count). The summed E-state index contributed by atoms with van der Waals surface area (Å²) in [6.07, 6.45) is 8.81. The van der Waals surface area contributed by atoms with E-state index in [0.29, 0.717) is 12.0 Å². The number of carbonyl (C=O) groups is 1. The van der Waals surface area contributed by atoms with Crippen LogP contribution in [0.25, 0.3) is 11.3 Å². The Kier molecular flexibility index (Phi) is 5.47. The highest BCUT2D eigenvalue weighted by molar-refractivity contribution is 5.97. The fraction of sp³-hybridized carbons (Fsp3) is 0.542. The largest absolute Gasteiger partial charge is 0.497 e. The molecule has 2 aliphatic carbocycles. The van der Waals surface area contributed by atoms with Gasteiger partial charge in [0.25, 0.3) is 5.91 Å². The Morgan fingerprint density at radius 3 is 2.54 bits per heavy atom. The van der Waals surface area contributed by atoms with Crippen LogP contribution in [-0.2, 0) is 6.54 Å². The van der Waals surface area contributed by atoms with Gasteiger partial charge in [0, 0.05) is 29.5 Å². The number of rotatable bonds is 6. The minimum Gasteiger partial charge on any atom is -0.497 e. The molecule has 0 atom stereocenters. The lowest BCUT2D eigenvalue weighted by Gasteiger charge is -2.24. The number of methoxy groups -OCH3 is 1. The van der Waals surface area contributed by atoms with Gasteiger partial charge in [-0.05, 0) is 69.2 Å². The lowest BCUT2D eigenvalue weighted by molar-refractivity contribution is 0.0950. The summed E-state index contributed by atoms with van der Waals surface area (Å²) in [6.45, 7) is 5.23. The monoisotopic (exact) mass is 380 g/mol. The van der Waals surface area contributed by atoms with E-state index < -0.39 is 0 Å². The van der Waals surface area contributed by atoms with Crippen molar-refractivity contribution in [1.29, 1.82) is 0 Å². The standard InChI is InChI=1S/C24H32N2O2/c1-16-9-12-20(28-3)13-21(16)23-14-22(24(27)25-19-10-11-19)17(2)26(23)15-18-7-5-4-6-8-18/h9,12-14,18-19H,4-8,10-11,15H2,1-3H3,(H,25,27). The van der Waals surface area contributed by atoms with E-state index in [1.165, 1.54) is 37.7 Å². The van der Waals surface area contributed by atoms with Crippen molar-refractivity contribution in [2.75, 3.05) is 7.11 Å². The topological polar surface area (TPSA) is 43.3 Å². The number of ether oxygens (including phenoxy) is 1. The van der Waals surface area contributed by atoms with Crippen molar-refractivity contribution in [2.24, 2.45) is 5.92 Å². The SMILES string of the molecule is COc1ccc(C)c(-c2cc(C(=O)NC3CC3)c(C)n2CC2CCCCC2)c1. The highest BCUT2D eigenvalue weighted by Crippen LogP contribution is 2.34. The van der Waals surface area contributed by atoms with Crippen molar-refractivity contribution in [1.82, 2.24) is 9.88 Å². The van der Waals surface area contributed by atoms with Crippen LogP contribution in [0, 0.1) is 19.8 Å². The zero-order valence-corrected chi connectivity index (χ0v) is 17.4. The summed E-state index contributed by atoms with van der Waals surface area (Å²) in [5, 5.41) is 3.17. The van der Waals surface area contributed by atoms with Crippen LogP contribution in [-0.4, -0.2) is 23.6 Å². The molecule has 2 saturated carbocycles. The average Bonchev–Trinajstić information content (AvgIpc) is 3.46. The number of amides is 1. The van der Waals surface area contributed by atoms with Crippen LogP contribution in [0.5, 0.6) is 5.75 Å². The van der Waals surface area contributed by atoms with Gasteiger partial charge in [0.2, 0.25) is 0 Å². The first-order valence-electron chi connectivity index (χ1n) is 10.7. The predicted octanol–water partition coefficient (Wildman–Crippen LogP) is 5.25. The van der Waals surface area contributed by atoms with Crippen LogP contribution >= 0.6 is 0 Å². The van der Waals surface area contributed by atoms with Gasteiger partial charge in [-0.3, -0.25) is 4.79 Å². The van der Waals surface area contributed by atoms with E-state index in [2.05, 4.69) is 41.9 Å². The van der Waals surface area contributed by atoms with Crippen LogP contribution < -0.4 is 10.1 Å². The predicted molar refractivity (Wildman–Crippen MR) is 113 cm³/mol. The van der Waals surface area contributed by atoms with Crippen molar-refractivity contribution in [3.63, 3.8) is 0 Å². The van der Waals surface area contributed by atoms with Gasteiger partial charge < -0.3 is 14.6 Å². The van der Waals surface area contributed by atoms with E-state index in [0.717, 1.165) is 47.7 Å². The number of hydrogen-bond acceptors (Lipinski definition) is 2. The fourth-order valence-electron chi connectivity index (χ4n) is 4.46. The third-order valence-electron chi connectivity index (χ3n) is 6.41. The highest BCUT2D eigenvalue weighted by Gasteiger charge is 2.27. The van der Waals surface area contributed by atoms with E-state index in [1.54, 1.807) is 7.11 Å². The zero-order chi connectivity index (χ0) is 19.7. The zero-order valence-electron chi connectivity index (χ0n) is 17.4. The maximum atomic E-state index is 12.9. The molecule has 2 aliphatic rings. The molecule has 0 saturated heterocycles. The van der Waals surface area contributed by atoms with Crippen molar-refractivity contribution in [3.8, 4) is 17.0 Å². The molecule has 1 N–H and O–H groups in total. The average molecular weight is 381 g/mol. The van der Waals surface area contributed by atoms with Crippen LogP contribution in [0.15, 0.2) is 24.3 Å². The third-order valence-corrected chi connectivity index (χ3v) is 6.41. The second-order valence-corrected chi connectivity index (χ2v) is 8.57. The molecule has 0 radical (unpaired) electrons. The molecule has 4 nitrogen and oxygen atoms in total. The Bertz CT molecular complexity index is 858. The van der Waals surface area contributed by atoms with E-state index in [9.17, 15) is 4.79 Å². The summed E-state index contributed by atoms with van der Waals surface area (Å²) in [6, 6.07) is 8.67. The normalized spacial score (nSPS) is 17.5. The van der Waals surface area contributed by atoms with Gasteiger partial charge in [0.05, 0.1) is 12.7 Å². The van der Waals surface area contributed by atoms with Gasteiger partial charge in [-0.15, -0.1) is 0 Å². The quantitative estimate of drug-likeness (QED) is 0.743. The van der Waals surface area contributed by atoms with E-state index in [4.69, 9.17) is 4.74 Å². The molecule has 1 heterocycles. The Morgan fingerprint density at radius 2 is 1.86 bits per heavy atom. The first-order chi connectivity index (χ1) is 13.6. The molecule has 1 aromatic carbocycles. The van der Waals surface area contributed by atoms with Gasteiger partial charge in [-0.1, -0.05) is 25.3 Å². The summed E-state index contributed by atoms with van der Waals surface area (Å²) in [5.41, 5.74) is 5.40. The number of benzene rings is 1. The summed E-state index contributed by atoms with van der Waals surface area (Å²) in [5.74, 6) is 1.63. The minimum atomic E-state index is 0.0733. The molecule has 0 aliphatic heterocycles. The second-order valence-electron chi connectivity index (χ2n) is 8.57. The molecule has 1 aromatic heterocycles. The van der Waals surface area contributed by atoms with Gasteiger partial charge in [-0.25, -0.2) is 0 Å². The maximum absolute atomic E-state index is 12.9. The molecule has 2 aromatic rings. The van der Waals surface area contributed by atoms with Gasteiger partial charge in [0.15, 0.2) is 0 Å². The molecule has 0 bridgehead atoms. The first kappa shape index (κ1) is 19.1. The first-order valence-corrected chi connectivity index (χ1v) is 10.7. The third kappa shape index (κ3) is 3.96. The van der Waals surface area contributed by atoms with Crippen molar-refractivity contribution >= 4 is 5.91 Å².